The number of methoxy groups -OCH3 is 1. The first-order valence-electron chi connectivity index (χ1n) is 8.31. The van der Waals surface area contributed by atoms with Gasteiger partial charge in [0.2, 0.25) is 0 Å². The molecule has 1 atom stereocenters. The van der Waals surface area contributed by atoms with Gasteiger partial charge in [0, 0.05) is 18.7 Å². The van der Waals surface area contributed by atoms with Gasteiger partial charge in [-0.15, -0.1) is 0 Å². The van der Waals surface area contributed by atoms with E-state index in [1.807, 2.05) is 0 Å². The van der Waals surface area contributed by atoms with Crippen LogP contribution in [0.15, 0.2) is 47.4 Å². The molecule has 0 saturated carbocycles. The molecule has 2 aromatic carbocycles. The highest BCUT2D eigenvalue weighted by Crippen LogP contribution is 2.30. The summed E-state index contributed by atoms with van der Waals surface area (Å²) in [7, 11) is -1.99. The second kappa shape index (κ2) is 7.98. The summed E-state index contributed by atoms with van der Waals surface area (Å²) in [4.78, 5) is 12.1. The molecule has 0 amide bonds. The molecule has 0 radical (unpaired) electrons. The molecule has 1 fully saturated rings. The van der Waals surface area contributed by atoms with Gasteiger partial charge in [-0.1, -0.05) is 0 Å². The maximum atomic E-state index is 11.9. The molecule has 0 N–H and O–H groups in total. The molecule has 27 heavy (non-hydrogen) atoms. The van der Waals surface area contributed by atoms with Crippen molar-refractivity contribution in [1.29, 1.82) is 0 Å². The topological polar surface area (TPSA) is 88.1 Å². The van der Waals surface area contributed by atoms with Crippen molar-refractivity contribution >= 4 is 15.8 Å². The number of rotatable bonds is 6. The summed E-state index contributed by atoms with van der Waals surface area (Å²) in [6, 6.07) is 10.8. The minimum atomic E-state index is -3.28. The summed E-state index contributed by atoms with van der Waals surface area (Å²) < 4.78 is 44.8. The smallest absolute Gasteiger partial charge is 0.338 e. The molecule has 0 bridgehead atoms. The largest absolute Gasteiger partial charge is 0.488 e. The van der Waals surface area contributed by atoms with Crippen molar-refractivity contribution in [2.75, 3.05) is 26.6 Å². The van der Waals surface area contributed by atoms with Crippen LogP contribution >= 0.6 is 0 Å². The second-order valence-electron chi connectivity index (χ2n) is 6.13. The van der Waals surface area contributed by atoms with Gasteiger partial charge in [-0.2, -0.15) is 0 Å². The third kappa shape index (κ3) is 4.99. The van der Waals surface area contributed by atoms with Crippen molar-refractivity contribution < 1.29 is 32.2 Å². The molecule has 0 aliphatic carbocycles. The first-order chi connectivity index (χ1) is 12.8. The molecule has 0 aromatic heterocycles. The summed E-state index contributed by atoms with van der Waals surface area (Å²) in [5, 5.41) is 0. The van der Waals surface area contributed by atoms with Crippen LogP contribution < -0.4 is 9.47 Å². The molecule has 8 heteroatoms. The van der Waals surface area contributed by atoms with Crippen molar-refractivity contribution in [2.45, 2.75) is 17.4 Å². The van der Waals surface area contributed by atoms with Crippen LogP contribution in [-0.2, 0) is 19.3 Å². The first kappa shape index (κ1) is 19.2. The Hall–Kier alpha value is -2.58. The van der Waals surface area contributed by atoms with Crippen molar-refractivity contribution in [3.8, 4) is 17.2 Å². The maximum Gasteiger partial charge on any atom is 0.338 e. The van der Waals surface area contributed by atoms with Gasteiger partial charge in [0.15, 0.2) is 9.84 Å². The normalized spacial score (nSPS) is 16.7. The molecule has 1 aliphatic rings. The Balaban J connectivity index is 1.85. The maximum absolute atomic E-state index is 11.9. The van der Waals surface area contributed by atoms with E-state index < -0.39 is 15.8 Å². The SMILES string of the molecule is COC(=O)c1cc(Oc2ccc(S(C)(=O)=O)cc2)cc(O[C@H]2CCOC2)c1. The van der Waals surface area contributed by atoms with E-state index >= 15 is 0 Å². The lowest BCUT2D eigenvalue weighted by molar-refractivity contribution is 0.0599. The number of carbonyl (C=O) groups excluding carboxylic acids is 1. The van der Waals surface area contributed by atoms with Crippen molar-refractivity contribution in [2.24, 2.45) is 0 Å². The van der Waals surface area contributed by atoms with Gasteiger partial charge in [0.05, 0.1) is 30.8 Å². The lowest BCUT2D eigenvalue weighted by atomic mass is 10.2. The van der Waals surface area contributed by atoms with Gasteiger partial charge in [0.1, 0.15) is 23.4 Å². The van der Waals surface area contributed by atoms with E-state index in [0.717, 1.165) is 12.7 Å². The summed E-state index contributed by atoms with van der Waals surface area (Å²) in [5.74, 6) is 0.759. The molecule has 1 aliphatic heterocycles. The molecule has 144 valence electrons. The number of ether oxygens (including phenoxy) is 4. The van der Waals surface area contributed by atoms with E-state index in [1.165, 1.54) is 25.3 Å². The van der Waals surface area contributed by atoms with Crippen LogP contribution in [0.4, 0.5) is 0 Å². The minimum absolute atomic E-state index is 0.0835. The fourth-order valence-corrected chi connectivity index (χ4v) is 3.25. The summed E-state index contributed by atoms with van der Waals surface area (Å²) in [5.41, 5.74) is 0.289. The van der Waals surface area contributed by atoms with Crippen LogP contribution in [0, 0.1) is 0 Å². The number of hydrogen-bond donors (Lipinski definition) is 0. The lowest BCUT2D eigenvalue weighted by Crippen LogP contribution is -2.16. The summed E-state index contributed by atoms with van der Waals surface area (Å²) >= 11 is 0. The fraction of sp³-hybridized carbons (Fsp3) is 0.316. The molecule has 0 unspecified atom stereocenters. The van der Waals surface area contributed by atoms with E-state index in [0.29, 0.717) is 30.5 Å². The van der Waals surface area contributed by atoms with Gasteiger partial charge >= 0.3 is 5.97 Å². The first-order valence-corrected chi connectivity index (χ1v) is 10.2. The van der Waals surface area contributed by atoms with Gasteiger partial charge in [-0.05, 0) is 36.4 Å². The highest BCUT2D eigenvalue weighted by molar-refractivity contribution is 7.90. The van der Waals surface area contributed by atoms with Crippen molar-refractivity contribution in [1.82, 2.24) is 0 Å². The minimum Gasteiger partial charge on any atom is -0.488 e. The van der Waals surface area contributed by atoms with Crippen LogP contribution in [0.3, 0.4) is 0 Å². The Morgan fingerprint density at radius 2 is 1.78 bits per heavy atom. The van der Waals surface area contributed by atoms with Crippen LogP contribution in [0.5, 0.6) is 17.2 Å². The average molecular weight is 392 g/mol. The Kier molecular flexibility index (Phi) is 5.67. The molecule has 2 aromatic rings. The third-order valence-corrected chi connectivity index (χ3v) is 5.11. The monoisotopic (exact) mass is 392 g/mol. The van der Waals surface area contributed by atoms with E-state index in [9.17, 15) is 13.2 Å². The Labute approximate surface area is 157 Å². The quantitative estimate of drug-likeness (QED) is 0.699. The van der Waals surface area contributed by atoms with Crippen molar-refractivity contribution in [3.63, 3.8) is 0 Å². The van der Waals surface area contributed by atoms with E-state index in [4.69, 9.17) is 18.9 Å². The zero-order valence-electron chi connectivity index (χ0n) is 15.0. The third-order valence-electron chi connectivity index (χ3n) is 3.98. The predicted molar refractivity (Wildman–Crippen MR) is 97.3 cm³/mol. The Bertz CT molecular complexity index is 914. The van der Waals surface area contributed by atoms with Crippen LogP contribution in [0.2, 0.25) is 0 Å². The molecule has 1 heterocycles. The van der Waals surface area contributed by atoms with Gasteiger partial charge in [-0.25, -0.2) is 13.2 Å². The average Bonchev–Trinajstić information content (AvgIpc) is 3.13. The number of carbonyl (C=O) groups is 1. The number of sulfone groups is 1. The molecular weight excluding hydrogens is 372 g/mol. The summed E-state index contributed by atoms with van der Waals surface area (Å²) in [6.07, 6.45) is 1.82. The number of benzene rings is 2. The fourth-order valence-electron chi connectivity index (χ4n) is 2.62. The zero-order chi connectivity index (χ0) is 19.4. The number of hydrogen-bond acceptors (Lipinski definition) is 7. The molecule has 1 saturated heterocycles. The molecule has 7 nitrogen and oxygen atoms in total. The van der Waals surface area contributed by atoms with Gasteiger partial charge in [0.25, 0.3) is 0 Å². The highest BCUT2D eigenvalue weighted by atomic mass is 32.2. The summed E-state index contributed by atoms with van der Waals surface area (Å²) in [6.45, 7) is 1.13. The van der Waals surface area contributed by atoms with Crippen LogP contribution in [-0.4, -0.2) is 47.1 Å². The van der Waals surface area contributed by atoms with Crippen LogP contribution in [0.25, 0.3) is 0 Å². The highest BCUT2D eigenvalue weighted by Gasteiger charge is 2.19. The van der Waals surface area contributed by atoms with E-state index in [-0.39, 0.29) is 16.6 Å². The van der Waals surface area contributed by atoms with E-state index in [1.54, 1.807) is 24.3 Å². The van der Waals surface area contributed by atoms with E-state index in [2.05, 4.69) is 0 Å². The van der Waals surface area contributed by atoms with Gasteiger partial charge < -0.3 is 18.9 Å². The second-order valence-corrected chi connectivity index (χ2v) is 8.15. The molecule has 0 spiro atoms. The Morgan fingerprint density at radius 1 is 1.07 bits per heavy atom. The van der Waals surface area contributed by atoms with Crippen molar-refractivity contribution in [3.05, 3.63) is 48.0 Å². The van der Waals surface area contributed by atoms with Crippen LogP contribution in [0.1, 0.15) is 16.8 Å². The Morgan fingerprint density at radius 3 is 2.37 bits per heavy atom. The standard InChI is InChI=1S/C19H20O7S/c1-23-19(20)13-9-16(11-17(10-13)26-15-7-8-24-12-15)25-14-3-5-18(6-4-14)27(2,21)22/h3-6,9-11,15H,7-8,12H2,1-2H3/t15-/m0/s1. The lowest BCUT2D eigenvalue weighted by Gasteiger charge is -2.15. The molecular formula is C19H20O7S. The predicted octanol–water partition coefficient (Wildman–Crippen LogP) is 2.84. The van der Waals surface area contributed by atoms with Gasteiger partial charge in [-0.3, -0.25) is 0 Å². The number of esters is 1. The molecule has 3 rings (SSSR count). The zero-order valence-corrected chi connectivity index (χ0v) is 15.8.